The molecule has 0 aromatic carbocycles. The number of pyridine rings is 1. The van der Waals surface area contributed by atoms with Crippen molar-refractivity contribution in [2.24, 2.45) is 0 Å². The summed E-state index contributed by atoms with van der Waals surface area (Å²) in [5.74, 6) is -2.04. The molecule has 1 heterocycles. The normalized spacial score (nSPS) is 23.2. The molecule has 0 atom stereocenters. The number of halogens is 1. The fourth-order valence-corrected chi connectivity index (χ4v) is 2.90. The molecule has 0 spiro atoms. The van der Waals surface area contributed by atoms with Gasteiger partial charge >= 0.3 is 12.1 Å². The highest BCUT2D eigenvalue weighted by molar-refractivity contribution is 5.84. The molecule has 1 saturated carbocycles. The smallest absolute Gasteiger partial charge is 0.408 e. The minimum absolute atomic E-state index is 0.151. The van der Waals surface area contributed by atoms with Crippen molar-refractivity contribution in [2.75, 3.05) is 5.32 Å². The van der Waals surface area contributed by atoms with Crippen molar-refractivity contribution in [3.63, 3.8) is 0 Å². The maximum absolute atomic E-state index is 13.3. The lowest BCUT2D eigenvalue weighted by Gasteiger charge is -2.38. The summed E-state index contributed by atoms with van der Waals surface area (Å²) in [5, 5.41) is 24.7. The maximum Gasteiger partial charge on any atom is 0.408 e. The predicted molar refractivity (Wildman–Crippen MR) is 91.5 cm³/mol. The van der Waals surface area contributed by atoms with Crippen molar-refractivity contribution in [3.05, 3.63) is 18.1 Å². The average molecular weight is 369 g/mol. The molecule has 9 heteroatoms. The molecule has 0 saturated heterocycles. The number of hydrogen-bond donors (Lipinski definition) is 4. The van der Waals surface area contributed by atoms with Crippen molar-refractivity contribution in [2.45, 2.75) is 63.6 Å². The molecule has 0 bridgehead atoms. The zero-order chi connectivity index (χ0) is 19.5. The van der Waals surface area contributed by atoms with Gasteiger partial charge in [-0.15, -0.1) is 0 Å². The number of aliphatic carboxylic acids is 1. The number of nitrogens with zero attached hydrogens (tertiary/aromatic N) is 1. The van der Waals surface area contributed by atoms with Gasteiger partial charge in [0.15, 0.2) is 0 Å². The number of carboxylic acid groups (broad SMARTS) is 1. The summed E-state index contributed by atoms with van der Waals surface area (Å²) >= 11 is 0. The number of aromatic nitrogens is 1. The first-order valence-electron chi connectivity index (χ1n) is 8.36. The number of anilines is 1. The number of hydrogen-bond acceptors (Lipinski definition) is 6. The second-order valence-electron chi connectivity index (χ2n) is 7.46. The van der Waals surface area contributed by atoms with Gasteiger partial charge in [0.2, 0.25) is 5.88 Å². The molecule has 1 aliphatic carbocycles. The van der Waals surface area contributed by atoms with Crippen molar-refractivity contribution in [3.8, 4) is 5.88 Å². The van der Waals surface area contributed by atoms with Crippen LogP contribution in [-0.2, 0) is 9.53 Å². The summed E-state index contributed by atoms with van der Waals surface area (Å²) in [7, 11) is 0. The summed E-state index contributed by atoms with van der Waals surface area (Å²) in [6.45, 7) is 5.08. The standard InChI is InChI=1S/C17H24FN3O5/c1-16(2,3)26-15(25)21-17(14(23)24)6-4-11(5-7-17)20-12-8-10(18)9-19-13(12)22/h8-9,11,20H,4-7H2,1-3H3,(H,19,22)(H,21,25)(H,23,24)/t11-,17-. The number of amides is 1. The Kier molecular flexibility index (Phi) is 5.58. The average Bonchev–Trinajstić information content (AvgIpc) is 2.51. The quantitative estimate of drug-likeness (QED) is 0.644. The number of carboxylic acids is 1. The van der Waals surface area contributed by atoms with E-state index in [2.05, 4.69) is 15.6 Å². The predicted octanol–water partition coefficient (Wildman–Crippen LogP) is 2.63. The molecule has 1 aromatic rings. The highest BCUT2D eigenvalue weighted by Gasteiger charge is 2.44. The van der Waals surface area contributed by atoms with Gasteiger partial charge < -0.3 is 25.6 Å². The van der Waals surface area contributed by atoms with E-state index >= 15 is 0 Å². The van der Waals surface area contributed by atoms with Crippen LogP contribution >= 0.6 is 0 Å². The van der Waals surface area contributed by atoms with E-state index < -0.39 is 29.0 Å². The highest BCUT2D eigenvalue weighted by Crippen LogP contribution is 2.32. The largest absolute Gasteiger partial charge is 0.492 e. The Balaban J connectivity index is 2.01. The molecule has 1 amide bonds. The van der Waals surface area contributed by atoms with Crippen LogP contribution in [0.2, 0.25) is 0 Å². The molecule has 26 heavy (non-hydrogen) atoms. The van der Waals surface area contributed by atoms with E-state index in [0.717, 1.165) is 12.3 Å². The molecule has 0 unspecified atom stereocenters. The minimum Gasteiger partial charge on any atom is -0.492 e. The van der Waals surface area contributed by atoms with Gasteiger partial charge in [0, 0.05) is 12.1 Å². The topological polar surface area (TPSA) is 121 Å². The summed E-state index contributed by atoms with van der Waals surface area (Å²) in [4.78, 5) is 27.3. The van der Waals surface area contributed by atoms with Gasteiger partial charge in [-0.05, 0) is 46.5 Å². The van der Waals surface area contributed by atoms with Crippen LogP contribution in [0, 0.1) is 5.82 Å². The fourth-order valence-electron chi connectivity index (χ4n) is 2.90. The Labute approximate surface area is 150 Å². The maximum atomic E-state index is 13.3. The molecule has 0 aliphatic heterocycles. The fraction of sp³-hybridized carbons (Fsp3) is 0.588. The number of carbonyl (C=O) groups excluding carboxylic acids is 1. The lowest BCUT2D eigenvalue weighted by molar-refractivity contribution is -0.146. The number of ether oxygens (including phenoxy) is 1. The van der Waals surface area contributed by atoms with Crippen LogP contribution in [0.3, 0.4) is 0 Å². The van der Waals surface area contributed by atoms with Gasteiger partial charge in [0.25, 0.3) is 0 Å². The molecule has 8 nitrogen and oxygen atoms in total. The first kappa shape index (κ1) is 19.7. The number of alkyl carbamates (subject to hydrolysis) is 1. The second kappa shape index (κ2) is 7.35. The first-order chi connectivity index (χ1) is 12.0. The summed E-state index contributed by atoms with van der Waals surface area (Å²) < 4.78 is 18.4. The Morgan fingerprint density at radius 3 is 2.50 bits per heavy atom. The second-order valence-corrected chi connectivity index (χ2v) is 7.46. The van der Waals surface area contributed by atoms with Crippen LogP contribution in [0.4, 0.5) is 14.9 Å². The van der Waals surface area contributed by atoms with Gasteiger partial charge in [0.05, 0.1) is 6.20 Å². The van der Waals surface area contributed by atoms with Gasteiger partial charge in [-0.2, -0.15) is 0 Å². The molecule has 4 N–H and O–H groups in total. The molecule has 1 aromatic heterocycles. The third-order valence-corrected chi connectivity index (χ3v) is 4.18. The summed E-state index contributed by atoms with van der Waals surface area (Å²) in [6, 6.07) is 0.942. The summed E-state index contributed by atoms with van der Waals surface area (Å²) in [5.41, 5.74) is -1.99. The Hall–Kier alpha value is -2.58. The van der Waals surface area contributed by atoms with Crippen LogP contribution in [-0.4, -0.2) is 44.4 Å². The van der Waals surface area contributed by atoms with E-state index in [1.54, 1.807) is 20.8 Å². The van der Waals surface area contributed by atoms with Gasteiger partial charge in [-0.25, -0.2) is 19.0 Å². The number of aromatic hydroxyl groups is 1. The van der Waals surface area contributed by atoms with E-state index in [0.29, 0.717) is 12.8 Å². The number of nitrogens with one attached hydrogen (secondary N) is 2. The third-order valence-electron chi connectivity index (χ3n) is 4.18. The zero-order valence-electron chi connectivity index (χ0n) is 15.0. The van der Waals surface area contributed by atoms with Crippen LogP contribution in [0.5, 0.6) is 5.88 Å². The van der Waals surface area contributed by atoms with E-state index in [4.69, 9.17) is 4.74 Å². The Morgan fingerprint density at radius 1 is 1.35 bits per heavy atom. The molecule has 0 radical (unpaired) electrons. The Bertz CT molecular complexity index is 681. The zero-order valence-corrected chi connectivity index (χ0v) is 15.0. The molecular weight excluding hydrogens is 345 g/mol. The van der Waals surface area contributed by atoms with E-state index in [1.165, 1.54) is 0 Å². The number of carbonyl (C=O) groups is 2. The van der Waals surface area contributed by atoms with Crippen molar-refractivity contribution in [1.82, 2.24) is 10.3 Å². The molecule has 2 rings (SSSR count). The van der Waals surface area contributed by atoms with Crippen LogP contribution in [0.25, 0.3) is 0 Å². The third kappa shape index (κ3) is 4.96. The van der Waals surface area contributed by atoms with E-state index in [1.807, 2.05) is 0 Å². The summed E-state index contributed by atoms with van der Waals surface area (Å²) in [6.07, 6.45) is 1.27. The van der Waals surface area contributed by atoms with Gasteiger partial charge in [0.1, 0.15) is 22.6 Å². The van der Waals surface area contributed by atoms with E-state index in [9.17, 15) is 24.2 Å². The van der Waals surface area contributed by atoms with Gasteiger partial charge in [-0.1, -0.05) is 0 Å². The molecule has 1 aliphatic rings. The Morgan fingerprint density at radius 2 is 1.96 bits per heavy atom. The highest BCUT2D eigenvalue weighted by atomic mass is 19.1. The molecule has 144 valence electrons. The van der Waals surface area contributed by atoms with Crippen LogP contribution in [0.1, 0.15) is 46.5 Å². The van der Waals surface area contributed by atoms with Gasteiger partial charge in [-0.3, -0.25) is 0 Å². The van der Waals surface area contributed by atoms with Crippen molar-refractivity contribution in [1.29, 1.82) is 0 Å². The SMILES string of the molecule is CC(C)(C)OC(=O)N[C@]1(C(=O)O)CC[C@@H](Nc2cc(F)cnc2O)CC1. The van der Waals surface area contributed by atoms with Crippen molar-refractivity contribution < 1.29 is 28.9 Å². The van der Waals surface area contributed by atoms with Crippen LogP contribution < -0.4 is 10.6 Å². The van der Waals surface area contributed by atoms with Crippen LogP contribution in [0.15, 0.2) is 12.3 Å². The number of rotatable bonds is 4. The lowest BCUT2D eigenvalue weighted by atomic mass is 9.79. The molecular formula is C17H24FN3O5. The minimum atomic E-state index is -1.41. The lowest BCUT2D eigenvalue weighted by Crippen LogP contribution is -2.58. The van der Waals surface area contributed by atoms with E-state index in [-0.39, 0.29) is 30.5 Å². The molecule has 1 fully saturated rings. The monoisotopic (exact) mass is 369 g/mol. The van der Waals surface area contributed by atoms with Crippen molar-refractivity contribution >= 4 is 17.7 Å². The first-order valence-corrected chi connectivity index (χ1v) is 8.36.